The van der Waals surface area contributed by atoms with Gasteiger partial charge in [-0.05, 0) is 47.2 Å². The van der Waals surface area contributed by atoms with E-state index >= 15 is 0 Å². The monoisotopic (exact) mass is 570 g/mol. The van der Waals surface area contributed by atoms with E-state index in [2.05, 4.69) is 151 Å². The smallest absolute Gasteiger partial charge is 0.109 e. The number of rotatable bonds is 13. The minimum atomic E-state index is -0.513. The Balaban J connectivity index is 1.62. The van der Waals surface area contributed by atoms with Gasteiger partial charge in [0.2, 0.25) is 0 Å². The summed E-state index contributed by atoms with van der Waals surface area (Å²) in [5.41, 5.74) is 4.57. The molecule has 0 fully saturated rings. The molecule has 0 saturated carbocycles. The summed E-state index contributed by atoms with van der Waals surface area (Å²) in [5, 5.41) is 4.38. The van der Waals surface area contributed by atoms with Crippen molar-refractivity contribution in [3.8, 4) is 0 Å². The second-order valence-corrected chi connectivity index (χ2v) is 11.5. The van der Waals surface area contributed by atoms with Crippen LogP contribution in [-0.4, -0.2) is 35.3 Å². The first-order valence-corrected chi connectivity index (χ1v) is 15.7. The number of hydroxylamine groups is 4. The zero-order chi connectivity index (χ0) is 29.3. The lowest BCUT2D eigenvalue weighted by atomic mass is 9.57. The van der Waals surface area contributed by atoms with Gasteiger partial charge in [-0.1, -0.05) is 141 Å². The van der Waals surface area contributed by atoms with Gasteiger partial charge in [0.05, 0.1) is 24.5 Å². The van der Waals surface area contributed by atoms with E-state index in [0.29, 0.717) is 0 Å². The zero-order valence-corrected chi connectivity index (χ0v) is 25.0. The third-order valence-corrected chi connectivity index (χ3v) is 9.03. The van der Waals surface area contributed by atoms with E-state index in [9.17, 15) is 0 Å². The molecule has 4 aromatic carbocycles. The fourth-order valence-corrected chi connectivity index (χ4v) is 7.15. The van der Waals surface area contributed by atoms with Crippen molar-refractivity contribution < 1.29 is 9.68 Å². The number of hydrogen-bond donors (Lipinski definition) is 0. The highest BCUT2D eigenvalue weighted by molar-refractivity contribution is 5.55. The van der Waals surface area contributed by atoms with Crippen LogP contribution in [-0.2, 0) is 15.1 Å². The Bertz CT molecular complexity index is 1340. The van der Waals surface area contributed by atoms with Crippen molar-refractivity contribution in [2.45, 2.75) is 56.0 Å². The lowest BCUT2D eigenvalue weighted by Gasteiger charge is -2.49. The van der Waals surface area contributed by atoms with E-state index < -0.39 is 5.41 Å². The number of hydrogen-bond acceptors (Lipinski definition) is 4. The van der Waals surface area contributed by atoms with E-state index in [-0.39, 0.29) is 18.0 Å². The van der Waals surface area contributed by atoms with Crippen LogP contribution in [0.25, 0.3) is 0 Å². The van der Waals surface area contributed by atoms with Gasteiger partial charge in [-0.15, -0.1) is 10.1 Å². The van der Waals surface area contributed by atoms with Gasteiger partial charge in [-0.25, -0.2) is 0 Å². The first-order valence-electron chi connectivity index (χ1n) is 15.7. The lowest BCUT2D eigenvalue weighted by molar-refractivity contribution is -0.154. The highest BCUT2D eigenvalue weighted by atomic mass is 16.7. The van der Waals surface area contributed by atoms with Crippen LogP contribution in [0.3, 0.4) is 0 Å². The van der Waals surface area contributed by atoms with Crippen LogP contribution in [0.15, 0.2) is 146 Å². The minimum absolute atomic E-state index is 0.000453. The van der Waals surface area contributed by atoms with Crippen LogP contribution in [0, 0.1) is 0 Å². The Kier molecular flexibility index (Phi) is 9.37. The van der Waals surface area contributed by atoms with Crippen LogP contribution >= 0.6 is 0 Å². The second kappa shape index (κ2) is 13.9. The van der Waals surface area contributed by atoms with Crippen LogP contribution < -0.4 is 0 Å². The molecule has 0 amide bonds. The third-order valence-electron chi connectivity index (χ3n) is 9.03. The highest BCUT2D eigenvalue weighted by Gasteiger charge is 2.50. The summed E-state index contributed by atoms with van der Waals surface area (Å²) in [6, 6.07) is 44.6. The average molecular weight is 571 g/mol. The van der Waals surface area contributed by atoms with Crippen molar-refractivity contribution in [1.82, 2.24) is 10.1 Å². The van der Waals surface area contributed by atoms with Gasteiger partial charge in [0.25, 0.3) is 0 Å². The summed E-state index contributed by atoms with van der Waals surface area (Å²) in [5.74, 6) is 0.000453. The molecule has 2 aliphatic rings. The Hall–Kier alpha value is -4.12. The molecule has 4 aromatic rings. The quantitative estimate of drug-likeness (QED) is 0.150. The number of benzene rings is 4. The third kappa shape index (κ3) is 6.04. The summed E-state index contributed by atoms with van der Waals surface area (Å²) in [4.78, 5) is 12.4. The summed E-state index contributed by atoms with van der Waals surface area (Å²) in [6.07, 6.45) is 12.2. The van der Waals surface area contributed by atoms with Crippen molar-refractivity contribution >= 4 is 0 Å². The molecule has 220 valence electrons. The normalized spacial score (nSPS) is 17.3. The standard InChI is InChI=1S/C39H42N2O2/c1-2-3-26-36(40-27-16-29-42-40)31-37(41-28-17-30-43-41)38(32-18-8-4-9-19-32)39(33-20-10-5-11-21-33,34-22-12-6-13-23-34)35-24-14-7-15-25-35/h4-25,29-30,36-38H,2-3,26-28,31H2,1H3. The first-order chi connectivity index (χ1) is 21.3. The molecule has 3 atom stereocenters. The summed E-state index contributed by atoms with van der Waals surface area (Å²) in [7, 11) is 0. The largest absolute Gasteiger partial charge is 0.414 e. The van der Waals surface area contributed by atoms with Crippen molar-refractivity contribution in [2.24, 2.45) is 0 Å². The molecule has 6 rings (SSSR count). The van der Waals surface area contributed by atoms with Crippen LogP contribution in [0.4, 0.5) is 0 Å². The molecule has 3 unspecified atom stereocenters. The Morgan fingerprint density at radius 2 is 1.09 bits per heavy atom. The van der Waals surface area contributed by atoms with Gasteiger partial charge in [-0.3, -0.25) is 0 Å². The molecule has 0 radical (unpaired) electrons. The second-order valence-electron chi connectivity index (χ2n) is 11.5. The van der Waals surface area contributed by atoms with Crippen molar-refractivity contribution in [3.05, 3.63) is 168 Å². The van der Waals surface area contributed by atoms with E-state index in [1.165, 1.54) is 22.3 Å². The topological polar surface area (TPSA) is 24.9 Å². The van der Waals surface area contributed by atoms with Crippen molar-refractivity contribution in [3.63, 3.8) is 0 Å². The summed E-state index contributed by atoms with van der Waals surface area (Å²) >= 11 is 0. The Morgan fingerprint density at radius 3 is 1.53 bits per heavy atom. The molecule has 4 nitrogen and oxygen atoms in total. The van der Waals surface area contributed by atoms with Crippen molar-refractivity contribution in [2.75, 3.05) is 13.1 Å². The van der Waals surface area contributed by atoms with E-state index in [0.717, 1.165) is 38.8 Å². The Morgan fingerprint density at radius 1 is 0.628 bits per heavy atom. The van der Waals surface area contributed by atoms with Crippen molar-refractivity contribution in [1.29, 1.82) is 0 Å². The predicted molar refractivity (Wildman–Crippen MR) is 174 cm³/mol. The summed E-state index contributed by atoms with van der Waals surface area (Å²) < 4.78 is 0. The fraction of sp³-hybridized carbons (Fsp3) is 0.282. The van der Waals surface area contributed by atoms with Gasteiger partial charge >= 0.3 is 0 Å². The molecule has 0 saturated heterocycles. The zero-order valence-electron chi connectivity index (χ0n) is 25.0. The van der Waals surface area contributed by atoms with Gasteiger partial charge in [0.15, 0.2) is 0 Å². The van der Waals surface area contributed by atoms with Crippen LogP contribution in [0.5, 0.6) is 0 Å². The maximum Gasteiger partial charge on any atom is 0.109 e. The lowest BCUT2D eigenvalue weighted by Crippen LogP contribution is -2.51. The molecule has 43 heavy (non-hydrogen) atoms. The first kappa shape index (κ1) is 29.0. The molecule has 2 heterocycles. The molecule has 0 aromatic heterocycles. The molecular formula is C39H42N2O2. The maximum absolute atomic E-state index is 6.37. The SMILES string of the molecule is CCCCC(CC(C(c1ccccc1)C(c1ccccc1)(c1ccccc1)c1ccccc1)N1CC=CO1)N1CC=CO1. The number of unbranched alkanes of at least 4 members (excludes halogenated alkanes) is 1. The summed E-state index contributed by atoms with van der Waals surface area (Å²) in [6.45, 7) is 3.81. The molecular weight excluding hydrogens is 528 g/mol. The van der Waals surface area contributed by atoms with Gasteiger partial charge < -0.3 is 9.68 Å². The fourth-order valence-electron chi connectivity index (χ4n) is 7.15. The van der Waals surface area contributed by atoms with Gasteiger partial charge in [0, 0.05) is 12.0 Å². The molecule has 0 aliphatic carbocycles. The number of nitrogens with zero attached hydrogens (tertiary/aromatic N) is 2. The predicted octanol–water partition coefficient (Wildman–Crippen LogP) is 8.64. The molecule has 0 N–H and O–H groups in total. The average Bonchev–Trinajstić information content (AvgIpc) is 3.82. The van der Waals surface area contributed by atoms with Gasteiger partial charge in [-0.2, -0.15) is 0 Å². The molecule has 0 spiro atoms. The van der Waals surface area contributed by atoms with E-state index in [4.69, 9.17) is 9.68 Å². The molecule has 2 aliphatic heterocycles. The molecule has 4 heteroatoms. The Labute approximate surface area is 256 Å². The maximum atomic E-state index is 6.37. The minimum Gasteiger partial charge on any atom is -0.414 e. The highest BCUT2D eigenvalue weighted by Crippen LogP contribution is 2.53. The molecule has 0 bridgehead atoms. The van der Waals surface area contributed by atoms with Gasteiger partial charge in [0.1, 0.15) is 12.5 Å². The van der Waals surface area contributed by atoms with Crippen LogP contribution in [0.2, 0.25) is 0 Å². The van der Waals surface area contributed by atoms with Crippen LogP contribution in [0.1, 0.15) is 60.8 Å². The van der Waals surface area contributed by atoms with E-state index in [1.54, 1.807) is 0 Å². The van der Waals surface area contributed by atoms with E-state index in [1.807, 2.05) is 12.5 Å².